The van der Waals surface area contributed by atoms with Gasteiger partial charge in [0.15, 0.2) is 5.96 Å². The summed E-state index contributed by atoms with van der Waals surface area (Å²) in [6, 6.07) is 8.77. The molecule has 1 aliphatic heterocycles. The summed E-state index contributed by atoms with van der Waals surface area (Å²) in [5.74, 6) is 2.23. The third kappa shape index (κ3) is 7.61. The van der Waals surface area contributed by atoms with Crippen molar-refractivity contribution in [3.8, 4) is 5.75 Å². The minimum absolute atomic E-state index is 0. The Balaban J connectivity index is 0.00000341. The third-order valence-electron chi connectivity index (χ3n) is 5.51. The molecule has 0 radical (unpaired) electrons. The number of rotatable bonds is 9. The summed E-state index contributed by atoms with van der Waals surface area (Å²) < 4.78 is 5.32. The number of ether oxygens (including phenoxy) is 1. The van der Waals surface area contributed by atoms with E-state index in [1.165, 1.54) is 23.4 Å². The molecule has 1 unspecified atom stereocenters. The Labute approximate surface area is 207 Å². The van der Waals surface area contributed by atoms with Crippen molar-refractivity contribution in [1.29, 1.82) is 0 Å². The molecule has 0 aliphatic carbocycles. The summed E-state index contributed by atoms with van der Waals surface area (Å²) in [5, 5.41) is 10.3. The van der Waals surface area contributed by atoms with Crippen molar-refractivity contribution >= 4 is 41.3 Å². The maximum atomic E-state index is 5.32. The van der Waals surface area contributed by atoms with Gasteiger partial charge >= 0.3 is 0 Å². The standard InChI is InChI=1S/C23H35N5OS.HI/c1-17(2)22-27-19(16-30-22)11-12-25-23(24-3)26-15-21(28-13-5-6-14-28)18-7-9-20(29-4)10-8-18;/h7-10,16-17,21H,5-6,11-15H2,1-4H3,(H2,24,25,26);1H. The Morgan fingerprint density at radius 3 is 2.48 bits per heavy atom. The SMILES string of the molecule is CN=C(NCCc1csc(C(C)C)n1)NCC(c1ccc(OC)cc1)N1CCCC1.I. The zero-order chi connectivity index (χ0) is 21.3. The largest absolute Gasteiger partial charge is 0.497 e. The number of nitrogens with one attached hydrogen (secondary N) is 2. The van der Waals surface area contributed by atoms with Gasteiger partial charge in [0, 0.05) is 37.9 Å². The van der Waals surface area contributed by atoms with Gasteiger partial charge in [-0.2, -0.15) is 0 Å². The number of hydrogen-bond acceptors (Lipinski definition) is 5. The molecule has 1 saturated heterocycles. The van der Waals surface area contributed by atoms with Crippen LogP contribution in [0.3, 0.4) is 0 Å². The Morgan fingerprint density at radius 2 is 1.90 bits per heavy atom. The van der Waals surface area contributed by atoms with Crippen LogP contribution in [0.1, 0.15) is 54.9 Å². The van der Waals surface area contributed by atoms with Crippen LogP contribution in [-0.4, -0.2) is 56.2 Å². The highest BCUT2D eigenvalue weighted by Gasteiger charge is 2.23. The van der Waals surface area contributed by atoms with Crippen molar-refractivity contribution in [2.24, 2.45) is 4.99 Å². The summed E-state index contributed by atoms with van der Waals surface area (Å²) in [6.45, 7) is 8.30. The smallest absolute Gasteiger partial charge is 0.191 e. The molecule has 2 heterocycles. The number of likely N-dealkylation sites (tertiary alicyclic amines) is 1. The fraction of sp³-hybridized carbons (Fsp3) is 0.565. The van der Waals surface area contributed by atoms with Crippen molar-refractivity contribution in [2.75, 3.05) is 40.3 Å². The molecular formula is C23H36IN5OS. The van der Waals surface area contributed by atoms with Crippen LogP contribution >= 0.6 is 35.3 Å². The predicted molar refractivity (Wildman–Crippen MR) is 141 cm³/mol. The lowest BCUT2D eigenvalue weighted by Gasteiger charge is -2.29. The first-order valence-electron chi connectivity index (χ1n) is 10.9. The van der Waals surface area contributed by atoms with Crippen molar-refractivity contribution in [3.05, 3.63) is 45.9 Å². The summed E-state index contributed by atoms with van der Waals surface area (Å²) in [5.41, 5.74) is 2.46. The van der Waals surface area contributed by atoms with Gasteiger partial charge in [-0.25, -0.2) is 4.98 Å². The van der Waals surface area contributed by atoms with Crippen LogP contribution in [0.5, 0.6) is 5.75 Å². The van der Waals surface area contributed by atoms with Gasteiger partial charge in [-0.1, -0.05) is 26.0 Å². The van der Waals surface area contributed by atoms with E-state index in [0.717, 1.165) is 50.0 Å². The Bertz CT molecular complexity index is 803. The van der Waals surface area contributed by atoms with Crippen LogP contribution in [0.15, 0.2) is 34.6 Å². The van der Waals surface area contributed by atoms with E-state index in [4.69, 9.17) is 9.72 Å². The highest BCUT2D eigenvalue weighted by molar-refractivity contribution is 14.0. The zero-order valence-corrected chi connectivity index (χ0v) is 22.2. The number of thiazole rings is 1. The molecule has 31 heavy (non-hydrogen) atoms. The second-order valence-corrected chi connectivity index (χ2v) is 8.88. The fourth-order valence-corrected chi connectivity index (χ4v) is 4.63. The van der Waals surface area contributed by atoms with E-state index in [1.54, 1.807) is 18.4 Å². The minimum Gasteiger partial charge on any atom is -0.497 e. The molecule has 3 rings (SSSR count). The number of benzene rings is 1. The molecule has 1 aromatic heterocycles. The highest BCUT2D eigenvalue weighted by Crippen LogP contribution is 2.26. The number of halogens is 1. The second-order valence-electron chi connectivity index (χ2n) is 7.99. The van der Waals surface area contributed by atoms with Gasteiger partial charge in [0.1, 0.15) is 5.75 Å². The molecule has 6 nitrogen and oxygen atoms in total. The van der Waals surface area contributed by atoms with E-state index < -0.39 is 0 Å². The lowest BCUT2D eigenvalue weighted by atomic mass is 10.1. The normalized spacial score (nSPS) is 15.6. The van der Waals surface area contributed by atoms with Crippen LogP contribution in [0.4, 0.5) is 0 Å². The Kier molecular flexibility index (Phi) is 11.0. The Hall–Kier alpha value is -1.39. The molecule has 1 atom stereocenters. The monoisotopic (exact) mass is 557 g/mol. The number of aromatic nitrogens is 1. The Morgan fingerprint density at radius 1 is 1.19 bits per heavy atom. The quantitative estimate of drug-likeness (QED) is 0.271. The predicted octanol–water partition coefficient (Wildman–Crippen LogP) is 4.44. The van der Waals surface area contributed by atoms with Gasteiger partial charge in [-0.15, -0.1) is 35.3 Å². The van der Waals surface area contributed by atoms with E-state index >= 15 is 0 Å². The number of nitrogens with zero attached hydrogens (tertiary/aromatic N) is 3. The number of guanidine groups is 1. The molecule has 8 heteroatoms. The fourth-order valence-electron chi connectivity index (χ4n) is 3.76. The van der Waals surface area contributed by atoms with Crippen LogP contribution in [0.25, 0.3) is 0 Å². The molecule has 0 spiro atoms. The lowest BCUT2D eigenvalue weighted by molar-refractivity contribution is 0.245. The van der Waals surface area contributed by atoms with Gasteiger partial charge in [0.05, 0.1) is 23.9 Å². The first kappa shape index (κ1) is 25.9. The minimum atomic E-state index is 0. The molecular weight excluding hydrogens is 521 g/mol. The summed E-state index contributed by atoms with van der Waals surface area (Å²) in [6.07, 6.45) is 3.44. The molecule has 0 bridgehead atoms. The van der Waals surface area contributed by atoms with E-state index in [-0.39, 0.29) is 24.0 Å². The van der Waals surface area contributed by atoms with Crippen molar-refractivity contribution in [2.45, 2.75) is 45.1 Å². The van der Waals surface area contributed by atoms with Gasteiger partial charge in [-0.3, -0.25) is 9.89 Å². The number of methoxy groups -OCH3 is 1. The summed E-state index contributed by atoms with van der Waals surface area (Å²) >= 11 is 1.75. The van der Waals surface area contributed by atoms with Gasteiger partial charge < -0.3 is 15.4 Å². The lowest BCUT2D eigenvalue weighted by Crippen LogP contribution is -2.43. The molecule has 1 aromatic carbocycles. The average molecular weight is 558 g/mol. The van der Waals surface area contributed by atoms with Crippen LogP contribution in [0.2, 0.25) is 0 Å². The van der Waals surface area contributed by atoms with E-state index in [0.29, 0.717) is 12.0 Å². The van der Waals surface area contributed by atoms with Gasteiger partial charge in [0.2, 0.25) is 0 Å². The van der Waals surface area contributed by atoms with Crippen molar-refractivity contribution in [1.82, 2.24) is 20.5 Å². The van der Waals surface area contributed by atoms with Crippen molar-refractivity contribution < 1.29 is 4.74 Å². The van der Waals surface area contributed by atoms with E-state index in [9.17, 15) is 0 Å². The second kappa shape index (κ2) is 13.2. The zero-order valence-electron chi connectivity index (χ0n) is 19.1. The maximum absolute atomic E-state index is 5.32. The number of aliphatic imine (C=N–C) groups is 1. The van der Waals surface area contributed by atoms with Crippen LogP contribution in [0, 0.1) is 0 Å². The molecule has 172 valence electrons. The highest BCUT2D eigenvalue weighted by atomic mass is 127. The summed E-state index contributed by atoms with van der Waals surface area (Å²) in [7, 11) is 3.53. The van der Waals surface area contributed by atoms with Crippen LogP contribution in [-0.2, 0) is 6.42 Å². The van der Waals surface area contributed by atoms with Gasteiger partial charge in [-0.05, 0) is 43.6 Å². The number of hydrogen-bond donors (Lipinski definition) is 2. The molecule has 0 saturated carbocycles. The molecule has 1 fully saturated rings. The molecule has 2 N–H and O–H groups in total. The van der Waals surface area contributed by atoms with E-state index in [1.807, 2.05) is 19.2 Å². The first-order chi connectivity index (χ1) is 14.6. The summed E-state index contributed by atoms with van der Waals surface area (Å²) in [4.78, 5) is 11.7. The maximum Gasteiger partial charge on any atom is 0.191 e. The van der Waals surface area contributed by atoms with Crippen molar-refractivity contribution in [3.63, 3.8) is 0 Å². The van der Waals surface area contributed by atoms with Crippen LogP contribution < -0.4 is 15.4 Å². The molecule has 2 aromatic rings. The molecule has 1 aliphatic rings. The topological polar surface area (TPSA) is 61.8 Å². The van der Waals surface area contributed by atoms with E-state index in [2.05, 4.69) is 51.9 Å². The average Bonchev–Trinajstić information content (AvgIpc) is 3.45. The molecule has 0 amide bonds. The van der Waals surface area contributed by atoms with Gasteiger partial charge in [0.25, 0.3) is 0 Å². The first-order valence-corrected chi connectivity index (χ1v) is 11.8. The third-order valence-corrected chi connectivity index (χ3v) is 6.70.